The lowest BCUT2D eigenvalue weighted by atomic mass is 9.67. The van der Waals surface area contributed by atoms with Crippen LogP contribution >= 0.6 is 0 Å². The maximum Gasteiger partial charge on any atom is 0.0685 e. The van der Waals surface area contributed by atoms with Crippen LogP contribution in [0.15, 0.2) is 0 Å². The van der Waals surface area contributed by atoms with Crippen LogP contribution in [0.4, 0.5) is 0 Å². The molecular formula is C17H29NO. The van der Waals surface area contributed by atoms with Crippen LogP contribution in [0.25, 0.3) is 0 Å². The first kappa shape index (κ1) is 12.6. The molecule has 4 rings (SSSR count). The average Bonchev–Trinajstić information content (AvgIpc) is 3.18. The molecule has 2 heteroatoms. The van der Waals surface area contributed by atoms with Crippen molar-refractivity contribution in [2.75, 3.05) is 13.2 Å². The SMILES string of the molecule is C1CCC2(CC1)CC(C1(C3CC3)CCCN1)CCO2. The molecule has 2 aliphatic heterocycles. The highest BCUT2D eigenvalue weighted by molar-refractivity contribution is 5.10. The lowest BCUT2D eigenvalue weighted by Gasteiger charge is -2.49. The van der Waals surface area contributed by atoms with Gasteiger partial charge in [0.1, 0.15) is 0 Å². The minimum atomic E-state index is 0.285. The molecule has 1 spiro atoms. The van der Waals surface area contributed by atoms with Crippen LogP contribution in [0, 0.1) is 11.8 Å². The summed E-state index contributed by atoms with van der Waals surface area (Å²) in [5, 5.41) is 3.97. The van der Waals surface area contributed by atoms with E-state index in [1.54, 1.807) is 0 Å². The summed E-state index contributed by atoms with van der Waals surface area (Å²) < 4.78 is 6.31. The van der Waals surface area contributed by atoms with E-state index < -0.39 is 0 Å². The summed E-state index contributed by atoms with van der Waals surface area (Å²) in [5.74, 6) is 1.90. The molecular weight excluding hydrogens is 234 g/mol. The summed E-state index contributed by atoms with van der Waals surface area (Å²) in [6.07, 6.45) is 15.4. The van der Waals surface area contributed by atoms with E-state index in [0.29, 0.717) is 5.54 Å². The molecule has 4 aliphatic rings. The molecule has 4 fully saturated rings. The third kappa shape index (κ3) is 2.15. The fraction of sp³-hybridized carbons (Fsp3) is 1.00. The summed E-state index contributed by atoms with van der Waals surface area (Å²) in [6, 6.07) is 0. The monoisotopic (exact) mass is 263 g/mol. The normalized spacial score (nSPS) is 42.6. The number of hydrogen-bond donors (Lipinski definition) is 1. The van der Waals surface area contributed by atoms with Gasteiger partial charge in [-0.3, -0.25) is 0 Å². The predicted octanol–water partition coefficient (Wildman–Crippen LogP) is 3.65. The van der Waals surface area contributed by atoms with Crippen molar-refractivity contribution in [2.45, 2.75) is 81.8 Å². The highest BCUT2D eigenvalue weighted by Gasteiger charge is 2.54. The second kappa shape index (κ2) is 4.73. The van der Waals surface area contributed by atoms with Crippen molar-refractivity contribution < 1.29 is 4.74 Å². The molecule has 0 bridgehead atoms. The highest BCUT2D eigenvalue weighted by Crippen LogP contribution is 2.53. The minimum absolute atomic E-state index is 0.285. The topological polar surface area (TPSA) is 21.3 Å². The summed E-state index contributed by atoms with van der Waals surface area (Å²) in [6.45, 7) is 2.29. The molecule has 0 aromatic carbocycles. The smallest absolute Gasteiger partial charge is 0.0685 e. The van der Waals surface area contributed by atoms with Crippen molar-refractivity contribution in [1.82, 2.24) is 5.32 Å². The largest absolute Gasteiger partial charge is 0.375 e. The quantitative estimate of drug-likeness (QED) is 0.821. The fourth-order valence-corrected chi connectivity index (χ4v) is 5.43. The van der Waals surface area contributed by atoms with Gasteiger partial charge in [-0.25, -0.2) is 0 Å². The Morgan fingerprint density at radius 2 is 1.68 bits per heavy atom. The molecule has 2 atom stereocenters. The molecule has 2 saturated heterocycles. The van der Waals surface area contributed by atoms with E-state index in [4.69, 9.17) is 4.74 Å². The van der Waals surface area contributed by atoms with E-state index in [2.05, 4.69) is 5.32 Å². The molecule has 108 valence electrons. The van der Waals surface area contributed by atoms with Gasteiger partial charge in [0.25, 0.3) is 0 Å². The number of nitrogens with one attached hydrogen (secondary N) is 1. The highest BCUT2D eigenvalue weighted by atomic mass is 16.5. The summed E-state index contributed by atoms with van der Waals surface area (Å²) in [7, 11) is 0. The van der Waals surface area contributed by atoms with Crippen LogP contribution in [0.2, 0.25) is 0 Å². The second-order valence-corrected chi connectivity index (χ2v) is 7.63. The standard InChI is InChI=1S/C17H29NO/c1-2-8-16(9-3-1)13-15(7-12-19-16)17(14-5-6-14)10-4-11-18-17/h14-15,18H,1-13H2. The zero-order chi connectivity index (χ0) is 12.8. The summed E-state index contributed by atoms with van der Waals surface area (Å²) >= 11 is 0. The molecule has 0 radical (unpaired) electrons. The predicted molar refractivity (Wildman–Crippen MR) is 77.2 cm³/mol. The van der Waals surface area contributed by atoms with E-state index >= 15 is 0 Å². The minimum Gasteiger partial charge on any atom is -0.375 e. The lowest BCUT2D eigenvalue weighted by Crippen LogP contribution is -2.55. The van der Waals surface area contributed by atoms with Gasteiger partial charge in [-0.2, -0.15) is 0 Å². The Balaban J connectivity index is 1.53. The lowest BCUT2D eigenvalue weighted by molar-refractivity contribution is -0.131. The molecule has 2 saturated carbocycles. The van der Waals surface area contributed by atoms with E-state index in [1.807, 2.05) is 0 Å². The maximum absolute atomic E-state index is 6.31. The van der Waals surface area contributed by atoms with Crippen LogP contribution in [0.5, 0.6) is 0 Å². The summed E-state index contributed by atoms with van der Waals surface area (Å²) in [5.41, 5.74) is 0.807. The van der Waals surface area contributed by atoms with Crippen LogP contribution < -0.4 is 5.32 Å². The average molecular weight is 263 g/mol. The Bertz CT molecular complexity index is 319. The first-order valence-electron chi connectivity index (χ1n) is 8.72. The number of hydrogen-bond acceptors (Lipinski definition) is 2. The third-order valence-electron chi connectivity index (χ3n) is 6.51. The van der Waals surface area contributed by atoms with E-state index in [0.717, 1.165) is 18.4 Å². The van der Waals surface area contributed by atoms with E-state index in [-0.39, 0.29) is 5.60 Å². The fourth-order valence-electron chi connectivity index (χ4n) is 5.43. The Morgan fingerprint density at radius 3 is 2.37 bits per heavy atom. The molecule has 19 heavy (non-hydrogen) atoms. The number of rotatable bonds is 2. The molecule has 0 amide bonds. The van der Waals surface area contributed by atoms with Gasteiger partial charge in [0, 0.05) is 12.1 Å². The van der Waals surface area contributed by atoms with Gasteiger partial charge in [0.2, 0.25) is 0 Å². The van der Waals surface area contributed by atoms with Gasteiger partial charge >= 0.3 is 0 Å². The van der Waals surface area contributed by atoms with Gasteiger partial charge < -0.3 is 10.1 Å². The van der Waals surface area contributed by atoms with Gasteiger partial charge in [0.15, 0.2) is 0 Å². The van der Waals surface area contributed by atoms with Crippen LogP contribution in [-0.2, 0) is 4.74 Å². The Hall–Kier alpha value is -0.0800. The van der Waals surface area contributed by atoms with E-state index in [1.165, 1.54) is 77.2 Å². The molecule has 2 heterocycles. The van der Waals surface area contributed by atoms with Crippen molar-refractivity contribution in [3.8, 4) is 0 Å². The van der Waals surface area contributed by atoms with Crippen LogP contribution in [0.3, 0.4) is 0 Å². The molecule has 0 aromatic rings. The first-order chi connectivity index (χ1) is 9.33. The zero-order valence-corrected chi connectivity index (χ0v) is 12.3. The van der Waals surface area contributed by atoms with Gasteiger partial charge in [-0.05, 0) is 69.7 Å². The molecule has 2 aliphatic carbocycles. The van der Waals surface area contributed by atoms with Crippen LogP contribution in [0.1, 0.15) is 70.6 Å². The van der Waals surface area contributed by atoms with Gasteiger partial charge in [-0.1, -0.05) is 19.3 Å². The van der Waals surface area contributed by atoms with Crippen molar-refractivity contribution in [1.29, 1.82) is 0 Å². The third-order valence-corrected chi connectivity index (χ3v) is 6.51. The van der Waals surface area contributed by atoms with Crippen LogP contribution in [-0.4, -0.2) is 24.3 Å². The molecule has 1 N–H and O–H groups in total. The second-order valence-electron chi connectivity index (χ2n) is 7.63. The van der Waals surface area contributed by atoms with Crippen molar-refractivity contribution in [2.24, 2.45) is 11.8 Å². The van der Waals surface area contributed by atoms with Gasteiger partial charge in [-0.15, -0.1) is 0 Å². The zero-order valence-electron chi connectivity index (χ0n) is 12.3. The molecule has 2 unspecified atom stereocenters. The summed E-state index contributed by atoms with van der Waals surface area (Å²) in [4.78, 5) is 0. The van der Waals surface area contributed by atoms with Crippen molar-refractivity contribution in [3.63, 3.8) is 0 Å². The van der Waals surface area contributed by atoms with Gasteiger partial charge in [0.05, 0.1) is 5.60 Å². The molecule has 2 nitrogen and oxygen atoms in total. The Kier molecular flexibility index (Phi) is 3.15. The van der Waals surface area contributed by atoms with Crippen molar-refractivity contribution in [3.05, 3.63) is 0 Å². The first-order valence-corrected chi connectivity index (χ1v) is 8.72. The van der Waals surface area contributed by atoms with Crippen molar-refractivity contribution >= 4 is 0 Å². The molecule has 0 aromatic heterocycles. The Morgan fingerprint density at radius 1 is 0.842 bits per heavy atom. The maximum atomic E-state index is 6.31. The number of ether oxygens (including phenoxy) is 1. The Labute approximate surface area is 117 Å². The van der Waals surface area contributed by atoms with E-state index in [9.17, 15) is 0 Å².